The second-order valence-electron chi connectivity index (χ2n) is 8.24. The molecule has 0 bridgehead atoms. The first-order valence-electron chi connectivity index (χ1n) is 10.2. The van der Waals surface area contributed by atoms with E-state index < -0.39 is 0 Å². The Morgan fingerprint density at radius 2 is 1.71 bits per heavy atom. The number of amides is 1. The minimum absolute atomic E-state index is 0.0956. The Morgan fingerprint density at radius 3 is 2.35 bits per heavy atom. The highest BCUT2D eigenvalue weighted by molar-refractivity contribution is 7.98. The first-order chi connectivity index (χ1) is 14.8. The lowest BCUT2D eigenvalue weighted by molar-refractivity contribution is 0.102. The molecule has 0 spiro atoms. The summed E-state index contributed by atoms with van der Waals surface area (Å²) >= 11 is 1.60. The van der Waals surface area contributed by atoms with E-state index in [1.165, 1.54) is 5.56 Å². The molecular formula is C26H29NO3S. The van der Waals surface area contributed by atoms with Crippen molar-refractivity contribution in [1.29, 1.82) is 0 Å². The highest BCUT2D eigenvalue weighted by Gasteiger charge is 2.14. The molecule has 0 aliphatic heterocycles. The Labute approximate surface area is 189 Å². The maximum atomic E-state index is 12.8. The molecule has 0 aliphatic carbocycles. The predicted molar refractivity (Wildman–Crippen MR) is 129 cm³/mol. The molecule has 0 fully saturated rings. The molecule has 1 N–H and O–H groups in total. The molecular weight excluding hydrogens is 406 g/mol. The average Bonchev–Trinajstić information content (AvgIpc) is 2.77. The molecule has 0 aliphatic rings. The first-order valence-corrected chi connectivity index (χ1v) is 11.4. The number of ether oxygens (including phenoxy) is 2. The molecule has 31 heavy (non-hydrogen) atoms. The van der Waals surface area contributed by atoms with Gasteiger partial charge in [-0.25, -0.2) is 0 Å². The number of hydrogen-bond donors (Lipinski definition) is 1. The zero-order valence-electron chi connectivity index (χ0n) is 18.7. The molecule has 1 amide bonds. The highest BCUT2D eigenvalue weighted by atomic mass is 32.2. The van der Waals surface area contributed by atoms with E-state index in [0.717, 1.165) is 21.9 Å². The van der Waals surface area contributed by atoms with E-state index in [0.29, 0.717) is 17.9 Å². The van der Waals surface area contributed by atoms with Crippen molar-refractivity contribution >= 4 is 23.4 Å². The Bertz CT molecular complexity index is 1040. The largest absolute Gasteiger partial charge is 0.496 e. The molecule has 5 heteroatoms. The lowest BCUT2D eigenvalue weighted by atomic mass is 9.87. The Hall–Kier alpha value is -2.92. The normalized spacial score (nSPS) is 11.1. The van der Waals surface area contributed by atoms with Gasteiger partial charge in [-0.1, -0.05) is 45.0 Å². The van der Waals surface area contributed by atoms with E-state index in [-0.39, 0.29) is 11.3 Å². The predicted octanol–water partition coefficient (Wildman–Crippen LogP) is 6.55. The van der Waals surface area contributed by atoms with Crippen LogP contribution in [0.15, 0.2) is 71.6 Å². The average molecular weight is 436 g/mol. The molecule has 0 saturated heterocycles. The molecule has 0 unspecified atom stereocenters. The summed E-state index contributed by atoms with van der Waals surface area (Å²) in [7, 11) is 1.62. The van der Waals surface area contributed by atoms with Crippen LogP contribution in [-0.2, 0) is 12.0 Å². The summed E-state index contributed by atoms with van der Waals surface area (Å²) in [5.41, 5.74) is 3.51. The van der Waals surface area contributed by atoms with E-state index >= 15 is 0 Å². The van der Waals surface area contributed by atoms with Crippen molar-refractivity contribution < 1.29 is 14.3 Å². The molecule has 3 aromatic rings. The minimum atomic E-state index is -0.167. The zero-order valence-corrected chi connectivity index (χ0v) is 19.5. The maximum absolute atomic E-state index is 12.8. The van der Waals surface area contributed by atoms with Gasteiger partial charge in [0.15, 0.2) is 0 Å². The van der Waals surface area contributed by atoms with Crippen molar-refractivity contribution in [2.24, 2.45) is 0 Å². The monoisotopic (exact) mass is 435 g/mol. The van der Waals surface area contributed by atoms with Crippen molar-refractivity contribution in [3.05, 3.63) is 83.4 Å². The highest BCUT2D eigenvalue weighted by Crippen LogP contribution is 2.28. The fourth-order valence-corrected chi connectivity index (χ4v) is 3.74. The van der Waals surface area contributed by atoms with Crippen molar-refractivity contribution in [2.45, 2.75) is 37.7 Å². The number of rotatable bonds is 7. The van der Waals surface area contributed by atoms with Gasteiger partial charge in [0.05, 0.1) is 12.8 Å². The summed E-state index contributed by atoms with van der Waals surface area (Å²) in [4.78, 5) is 13.9. The number of para-hydroxylation sites is 1. The number of nitrogens with one attached hydrogen (secondary N) is 1. The summed E-state index contributed by atoms with van der Waals surface area (Å²) in [5.74, 6) is 1.30. The van der Waals surface area contributed by atoms with Crippen LogP contribution in [-0.4, -0.2) is 19.3 Å². The minimum Gasteiger partial charge on any atom is -0.496 e. The number of methoxy groups -OCH3 is 1. The molecule has 0 aromatic heterocycles. The molecule has 4 nitrogen and oxygen atoms in total. The topological polar surface area (TPSA) is 47.6 Å². The third kappa shape index (κ3) is 5.82. The van der Waals surface area contributed by atoms with Gasteiger partial charge in [0.1, 0.15) is 18.1 Å². The van der Waals surface area contributed by atoms with Crippen molar-refractivity contribution in [1.82, 2.24) is 0 Å². The summed E-state index contributed by atoms with van der Waals surface area (Å²) in [6.45, 7) is 6.85. The fraction of sp³-hybridized carbons (Fsp3) is 0.269. The molecule has 162 valence electrons. The Kier molecular flexibility index (Phi) is 7.29. The van der Waals surface area contributed by atoms with Crippen LogP contribution >= 0.6 is 11.8 Å². The molecule has 3 rings (SSSR count). The van der Waals surface area contributed by atoms with Crippen LogP contribution in [0, 0.1) is 0 Å². The van der Waals surface area contributed by atoms with Crippen LogP contribution in [0.4, 0.5) is 5.69 Å². The van der Waals surface area contributed by atoms with Gasteiger partial charge >= 0.3 is 0 Å². The third-order valence-corrected chi connectivity index (χ3v) is 5.81. The summed E-state index contributed by atoms with van der Waals surface area (Å²) in [6, 6.07) is 21.3. The number of carbonyl (C=O) groups is 1. The van der Waals surface area contributed by atoms with Gasteiger partial charge in [-0.05, 0) is 59.7 Å². The van der Waals surface area contributed by atoms with Crippen LogP contribution in [0.3, 0.4) is 0 Å². The zero-order chi connectivity index (χ0) is 22.4. The summed E-state index contributed by atoms with van der Waals surface area (Å²) in [6.07, 6.45) is 1.99. The molecule has 0 atom stereocenters. The second-order valence-corrected chi connectivity index (χ2v) is 9.09. The molecule has 0 heterocycles. The Morgan fingerprint density at radius 1 is 1.00 bits per heavy atom. The number of carbonyl (C=O) groups excluding carboxylic acids is 1. The first kappa shape index (κ1) is 22.8. The molecule has 3 aromatic carbocycles. The Balaban J connectivity index is 1.75. The van der Waals surface area contributed by atoms with Crippen LogP contribution < -0.4 is 14.8 Å². The van der Waals surface area contributed by atoms with Gasteiger partial charge in [0.2, 0.25) is 0 Å². The van der Waals surface area contributed by atoms with Crippen molar-refractivity contribution in [3.8, 4) is 11.5 Å². The van der Waals surface area contributed by atoms with Gasteiger partial charge < -0.3 is 14.8 Å². The third-order valence-electron chi connectivity index (χ3n) is 5.01. The lowest BCUT2D eigenvalue weighted by Crippen LogP contribution is -2.13. The van der Waals surface area contributed by atoms with Gasteiger partial charge in [-0.15, -0.1) is 11.8 Å². The van der Waals surface area contributed by atoms with Crippen molar-refractivity contribution in [3.63, 3.8) is 0 Å². The van der Waals surface area contributed by atoms with Gasteiger partial charge in [-0.2, -0.15) is 0 Å². The van der Waals surface area contributed by atoms with Gasteiger partial charge in [0, 0.05) is 16.0 Å². The van der Waals surface area contributed by atoms with Crippen LogP contribution in [0.5, 0.6) is 11.5 Å². The molecule has 0 saturated carbocycles. The van der Waals surface area contributed by atoms with Crippen LogP contribution in [0.1, 0.15) is 42.3 Å². The summed E-state index contributed by atoms with van der Waals surface area (Å²) in [5, 5.41) is 3.00. The van der Waals surface area contributed by atoms with Gasteiger partial charge in [0.25, 0.3) is 5.91 Å². The second kappa shape index (κ2) is 9.92. The number of hydrogen-bond acceptors (Lipinski definition) is 4. The standard InChI is InChI=1S/C26H29NO3S/c1-26(2,3)20-11-13-21(14-12-20)30-17-19-16-18(10-15-23(19)29-4)25(28)27-22-8-6-7-9-24(22)31-5/h6-16H,17H2,1-5H3,(H,27,28). The van der Waals surface area contributed by atoms with Crippen LogP contribution in [0.25, 0.3) is 0 Å². The van der Waals surface area contributed by atoms with E-state index in [1.807, 2.05) is 48.7 Å². The van der Waals surface area contributed by atoms with E-state index in [1.54, 1.807) is 31.0 Å². The summed E-state index contributed by atoms with van der Waals surface area (Å²) < 4.78 is 11.4. The number of anilines is 1. The fourth-order valence-electron chi connectivity index (χ4n) is 3.19. The number of benzene rings is 3. The van der Waals surface area contributed by atoms with E-state index in [2.05, 4.69) is 38.2 Å². The van der Waals surface area contributed by atoms with E-state index in [9.17, 15) is 4.79 Å². The SMILES string of the molecule is COc1ccc(C(=O)Nc2ccccc2SC)cc1COc1ccc(C(C)(C)C)cc1. The molecule has 0 radical (unpaired) electrons. The maximum Gasteiger partial charge on any atom is 0.255 e. The lowest BCUT2D eigenvalue weighted by Gasteiger charge is -2.19. The van der Waals surface area contributed by atoms with E-state index in [4.69, 9.17) is 9.47 Å². The quantitative estimate of drug-likeness (QED) is 0.428. The smallest absolute Gasteiger partial charge is 0.255 e. The van der Waals surface area contributed by atoms with Crippen molar-refractivity contribution in [2.75, 3.05) is 18.7 Å². The van der Waals surface area contributed by atoms with Gasteiger partial charge in [-0.3, -0.25) is 4.79 Å². The van der Waals surface area contributed by atoms with Crippen LogP contribution in [0.2, 0.25) is 0 Å². The number of thioether (sulfide) groups is 1.